The molecule has 0 bridgehead atoms. The number of hydrogen-bond acceptors (Lipinski definition) is 5. The van der Waals surface area contributed by atoms with E-state index in [0.29, 0.717) is 31.4 Å². The summed E-state index contributed by atoms with van der Waals surface area (Å²) >= 11 is 0. The van der Waals surface area contributed by atoms with E-state index >= 15 is 0 Å². The Morgan fingerprint density at radius 2 is 2.08 bits per heavy atom. The van der Waals surface area contributed by atoms with Gasteiger partial charge in [-0.3, -0.25) is 4.79 Å². The molecular weight excluding hydrogens is 335 g/mol. The van der Waals surface area contributed by atoms with Gasteiger partial charge in [-0.05, 0) is 36.1 Å². The quantitative estimate of drug-likeness (QED) is 0.154. The average molecular weight is 360 g/mol. The zero-order valence-corrected chi connectivity index (χ0v) is 15.3. The van der Waals surface area contributed by atoms with Crippen molar-refractivity contribution < 1.29 is 19.1 Å². The Balaban J connectivity index is 2.37. The molecule has 1 atom stereocenters. The number of methoxy groups -OCH3 is 1. The fraction of sp³-hybridized carbons (Fsp3) is 0.529. The van der Waals surface area contributed by atoms with E-state index in [9.17, 15) is 9.59 Å². The van der Waals surface area contributed by atoms with Crippen molar-refractivity contribution in [1.82, 2.24) is 5.32 Å². The summed E-state index contributed by atoms with van der Waals surface area (Å²) in [6.07, 6.45) is 1.98. The SMILES string of the molecule is CBCCC(=O)NCCCC(N=[N+]=[N-])OCc1ccc(C(=O)OC)cc1. The van der Waals surface area contributed by atoms with Gasteiger partial charge in [0.25, 0.3) is 0 Å². The first-order chi connectivity index (χ1) is 12.6. The van der Waals surface area contributed by atoms with Crippen molar-refractivity contribution in [1.29, 1.82) is 0 Å². The number of esters is 1. The van der Waals surface area contributed by atoms with Gasteiger partial charge in [-0.25, -0.2) is 4.79 Å². The van der Waals surface area contributed by atoms with E-state index in [0.717, 1.165) is 19.2 Å². The number of ether oxygens (including phenoxy) is 2. The molecule has 0 spiro atoms. The van der Waals surface area contributed by atoms with Crippen LogP contribution in [-0.2, 0) is 20.9 Å². The van der Waals surface area contributed by atoms with Crippen molar-refractivity contribution in [3.8, 4) is 0 Å². The van der Waals surface area contributed by atoms with Gasteiger partial charge in [-0.2, -0.15) is 0 Å². The molecule has 1 N–H and O–H groups in total. The van der Waals surface area contributed by atoms with Crippen LogP contribution in [0.5, 0.6) is 0 Å². The summed E-state index contributed by atoms with van der Waals surface area (Å²) in [5, 5.41) is 6.47. The molecule has 0 aliphatic rings. The predicted molar refractivity (Wildman–Crippen MR) is 100 cm³/mol. The third-order valence-corrected chi connectivity index (χ3v) is 3.71. The Bertz CT molecular complexity index is 618. The highest BCUT2D eigenvalue weighted by molar-refractivity contribution is 6.33. The second kappa shape index (κ2) is 12.8. The molecule has 9 heteroatoms. The number of carbonyl (C=O) groups is 2. The Morgan fingerprint density at radius 1 is 1.35 bits per heavy atom. The maximum absolute atomic E-state index is 11.5. The monoisotopic (exact) mass is 360 g/mol. The maximum Gasteiger partial charge on any atom is 0.337 e. The molecule has 8 nitrogen and oxygen atoms in total. The number of amides is 1. The van der Waals surface area contributed by atoms with Gasteiger partial charge in [-0.15, -0.1) is 0 Å². The van der Waals surface area contributed by atoms with Crippen LogP contribution in [0, 0.1) is 0 Å². The molecule has 0 radical (unpaired) electrons. The van der Waals surface area contributed by atoms with Crippen LogP contribution in [0.25, 0.3) is 10.4 Å². The zero-order valence-electron chi connectivity index (χ0n) is 15.3. The van der Waals surface area contributed by atoms with Gasteiger partial charge < -0.3 is 14.8 Å². The van der Waals surface area contributed by atoms with E-state index < -0.39 is 12.2 Å². The minimum Gasteiger partial charge on any atom is -0.465 e. The molecule has 1 amide bonds. The topological polar surface area (TPSA) is 113 Å². The van der Waals surface area contributed by atoms with E-state index in [1.807, 2.05) is 6.82 Å². The number of rotatable bonds is 12. The number of nitrogens with zero attached hydrogens (tertiary/aromatic N) is 3. The summed E-state index contributed by atoms with van der Waals surface area (Å²) in [7, 11) is 2.32. The molecular formula is C17H25BN4O4. The van der Waals surface area contributed by atoms with Gasteiger partial charge in [0.2, 0.25) is 5.91 Å². The Morgan fingerprint density at radius 3 is 2.69 bits per heavy atom. The molecule has 1 aromatic rings. The number of carbonyl (C=O) groups excluding carboxylic acids is 2. The van der Waals surface area contributed by atoms with Gasteiger partial charge in [0, 0.05) is 17.9 Å². The lowest BCUT2D eigenvalue weighted by atomic mass is 9.77. The highest BCUT2D eigenvalue weighted by Crippen LogP contribution is 2.11. The molecule has 0 aromatic heterocycles. The van der Waals surface area contributed by atoms with Crippen LogP contribution in [0.1, 0.15) is 35.2 Å². The molecule has 0 heterocycles. The van der Waals surface area contributed by atoms with Crippen molar-refractivity contribution in [3.63, 3.8) is 0 Å². The van der Waals surface area contributed by atoms with Gasteiger partial charge in [-0.1, -0.05) is 30.4 Å². The predicted octanol–water partition coefficient (Wildman–Crippen LogP) is 2.82. The third-order valence-electron chi connectivity index (χ3n) is 3.71. The normalized spacial score (nSPS) is 11.2. The minimum absolute atomic E-state index is 0.0406. The summed E-state index contributed by atoms with van der Waals surface area (Å²) in [6, 6.07) is 6.82. The van der Waals surface area contributed by atoms with E-state index in [1.165, 1.54) is 7.11 Å². The number of benzene rings is 1. The van der Waals surface area contributed by atoms with Crippen LogP contribution in [0.2, 0.25) is 13.1 Å². The van der Waals surface area contributed by atoms with Crippen molar-refractivity contribution >= 4 is 19.2 Å². The molecule has 26 heavy (non-hydrogen) atoms. The largest absolute Gasteiger partial charge is 0.465 e. The lowest BCUT2D eigenvalue weighted by Gasteiger charge is -2.13. The van der Waals surface area contributed by atoms with Gasteiger partial charge in [0.15, 0.2) is 0 Å². The second-order valence-corrected chi connectivity index (χ2v) is 5.75. The summed E-state index contributed by atoms with van der Waals surface area (Å²) in [6.45, 7) is 2.82. The standard InChI is InChI=1S/C17H25BN4O4/c1-18-10-9-15(23)20-11-3-4-16(21-22-19)26-12-13-5-7-14(8-6-13)17(24)25-2/h5-8,16,18H,3-4,9-12H2,1-2H3,(H,20,23). The first kappa shape index (κ1) is 21.5. The molecule has 140 valence electrons. The third kappa shape index (κ3) is 8.55. The highest BCUT2D eigenvalue weighted by Gasteiger charge is 2.09. The second-order valence-electron chi connectivity index (χ2n) is 5.75. The molecule has 0 aliphatic heterocycles. The molecule has 0 saturated heterocycles. The number of nitrogens with one attached hydrogen (secondary N) is 1. The van der Waals surface area contributed by atoms with Crippen molar-refractivity contribution in [2.45, 2.75) is 45.2 Å². The lowest BCUT2D eigenvalue weighted by Crippen LogP contribution is -2.25. The number of hydrogen-bond donors (Lipinski definition) is 1. The van der Waals surface area contributed by atoms with Crippen molar-refractivity contribution in [2.24, 2.45) is 5.11 Å². The first-order valence-electron chi connectivity index (χ1n) is 8.70. The Labute approximate surface area is 154 Å². The smallest absolute Gasteiger partial charge is 0.337 e. The summed E-state index contributed by atoms with van der Waals surface area (Å²) in [5.41, 5.74) is 9.97. The molecule has 1 unspecified atom stereocenters. The van der Waals surface area contributed by atoms with Crippen molar-refractivity contribution in [3.05, 3.63) is 45.8 Å². The fourth-order valence-corrected chi connectivity index (χ4v) is 2.21. The van der Waals surface area contributed by atoms with Gasteiger partial charge in [0.1, 0.15) is 13.5 Å². The number of azide groups is 1. The Kier molecular flexibility index (Phi) is 10.6. The molecule has 0 fully saturated rings. The summed E-state index contributed by atoms with van der Waals surface area (Å²) in [4.78, 5) is 25.7. The van der Waals surface area contributed by atoms with Crippen LogP contribution in [0.4, 0.5) is 0 Å². The minimum atomic E-state index is -0.604. The Hall–Kier alpha value is -2.51. The van der Waals surface area contributed by atoms with Crippen molar-refractivity contribution in [2.75, 3.05) is 13.7 Å². The highest BCUT2D eigenvalue weighted by atomic mass is 16.5. The molecule has 0 aliphatic carbocycles. The molecule has 1 rings (SSSR count). The molecule has 0 saturated carbocycles. The van der Waals surface area contributed by atoms with Gasteiger partial charge >= 0.3 is 5.97 Å². The first-order valence-corrected chi connectivity index (χ1v) is 8.70. The van der Waals surface area contributed by atoms with Crippen LogP contribution < -0.4 is 5.32 Å². The van der Waals surface area contributed by atoms with E-state index in [2.05, 4.69) is 20.1 Å². The average Bonchev–Trinajstić information content (AvgIpc) is 2.67. The van der Waals surface area contributed by atoms with E-state index in [-0.39, 0.29) is 12.5 Å². The molecule has 1 aromatic carbocycles. The zero-order chi connectivity index (χ0) is 19.2. The van der Waals surface area contributed by atoms with Gasteiger partial charge in [0.05, 0.1) is 19.3 Å². The maximum atomic E-state index is 11.5. The van der Waals surface area contributed by atoms with E-state index in [1.54, 1.807) is 24.3 Å². The van der Waals surface area contributed by atoms with Crippen LogP contribution in [0.15, 0.2) is 29.4 Å². The summed E-state index contributed by atoms with van der Waals surface area (Å²) < 4.78 is 10.3. The van der Waals surface area contributed by atoms with E-state index in [4.69, 9.17) is 10.3 Å². The van der Waals surface area contributed by atoms with Crippen LogP contribution in [-0.4, -0.2) is 39.0 Å². The summed E-state index contributed by atoms with van der Waals surface area (Å²) in [5.74, 6) is -0.357. The fourth-order valence-electron chi connectivity index (χ4n) is 2.21. The lowest BCUT2D eigenvalue weighted by molar-refractivity contribution is -0.120. The van der Waals surface area contributed by atoms with Crippen LogP contribution >= 0.6 is 0 Å². The van der Waals surface area contributed by atoms with Crippen LogP contribution in [0.3, 0.4) is 0 Å².